The second-order valence-electron chi connectivity index (χ2n) is 5.74. The number of nitrogens with one attached hydrogen (secondary N) is 1. The predicted molar refractivity (Wildman–Crippen MR) is 77.5 cm³/mol. The van der Waals surface area contributed by atoms with E-state index in [1.54, 1.807) is 11.3 Å². The fraction of sp³-hybridized carbons (Fsp3) is 0.400. The summed E-state index contributed by atoms with van der Waals surface area (Å²) < 4.78 is 1.13. The molecule has 2 unspecified atom stereocenters. The van der Waals surface area contributed by atoms with Gasteiger partial charge in [-0.25, -0.2) is 0 Å². The van der Waals surface area contributed by atoms with Crippen LogP contribution in [0.3, 0.4) is 0 Å². The van der Waals surface area contributed by atoms with Gasteiger partial charge in [0.05, 0.1) is 11.7 Å². The van der Waals surface area contributed by atoms with Gasteiger partial charge >= 0.3 is 0 Å². The summed E-state index contributed by atoms with van der Waals surface area (Å²) in [6, 6.07) is 7.97. The molecule has 1 aromatic heterocycles. The summed E-state index contributed by atoms with van der Waals surface area (Å²) >= 11 is 1.59. The molecule has 1 fully saturated rings. The highest BCUT2D eigenvalue weighted by atomic mass is 32.1. The van der Waals surface area contributed by atoms with Crippen molar-refractivity contribution in [3.8, 4) is 0 Å². The summed E-state index contributed by atoms with van der Waals surface area (Å²) in [5, 5.41) is 15.7. The quantitative estimate of drug-likeness (QED) is 0.885. The first-order valence-corrected chi connectivity index (χ1v) is 7.33. The van der Waals surface area contributed by atoms with Crippen molar-refractivity contribution >= 4 is 27.3 Å². The van der Waals surface area contributed by atoms with Crippen LogP contribution in [0, 0.1) is 5.41 Å². The number of fused-ring (bicyclic) bond motifs is 1. The van der Waals surface area contributed by atoms with Crippen molar-refractivity contribution in [1.29, 1.82) is 0 Å². The molecular weight excluding hydrogens is 258 g/mol. The van der Waals surface area contributed by atoms with Gasteiger partial charge in [0, 0.05) is 26.9 Å². The Kier molecular flexibility index (Phi) is 2.87. The predicted octanol–water partition coefficient (Wildman–Crippen LogP) is 2.79. The number of hydrogen-bond acceptors (Lipinski definition) is 3. The average molecular weight is 275 g/mol. The van der Waals surface area contributed by atoms with Crippen molar-refractivity contribution in [3.05, 3.63) is 35.2 Å². The van der Waals surface area contributed by atoms with E-state index in [-0.39, 0.29) is 23.5 Å². The molecule has 0 spiro atoms. The lowest BCUT2D eigenvalue weighted by Gasteiger charge is -2.49. The third-order valence-electron chi connectivity index (χ3n) is 4.25. The topological polar surface area (TPSA) is 49.3 Å². The van der Waals surface area contributed by atoms with Gasteiger partial charge in [-0.05, 0) is 12.5 Å². The number of thiophene rings is 1. The van der Waals surface area contributed by atoms with Crippen LogP contribution in [0.15, 0.2) is 29.6 Å². The molecule has 2 atom stereocenters. The van der Waals surface area contributed by atoms with Crippen molar-refractivity contribution in [1.82, 2.24) is 5.32 Å². The summed E-state index contributed by atoms with van der Waals surface area (Å²) in [4.78, 5) is 12.3. The highest BCUT2D eigenvalue weighted by Crippen LogP contribution is 2.40. The van der Waals surface area contributed by atoms with E-state index < -0.39 is 0 Å². The van der Waals surface area contributed by atoms with E-state index in [9.17, 15) is 9.90 Å². The van der Waals surface area contributed by atoms with Gasteiger partial charge in [0.2, 0.25) is 0 Å². The van der Waals surface area contributed by atoms with Crippen LogP contribution in [0.5, 0.6) is 0 Å². The van der Waals surface area contributed by atoms with Crippen LogP contribution in [0.4, 0.5) is 0 Å². The molecular formula is C15H17NO2S. The van der Waals surface area contributed by atoms with Gasteiger partial charge in [0.25, 0.3) is 5.91 Å². The molecule has 2 N–H and O–H groups in total. The third-order valence-corrected chi connectivity index (χ3v) is 5.21. The van der Waals surface area contributed by atoms with Crippen molar-refractivity contribution in [2.75, 3.05) is 0 Å². The number of amides is 1. The van der Waals surface area contributed by atoms with Gasteiger partial charge in [0.1, 0.15) is 0 Å². The van der Waals surface area contributed by atoms with Crippen molar-refractivity contribution < 1.29 is 9.90 Å². The van der Waals surface area contributed by atoms with E-state index in [0.717, 1.165) is 15.6 Å². The van der Waals surface area contributed by atoms with Gasteiger partial charge in [-0.15, -0.1) is 11.3 Å². The number of aliphatic hydroxyl groups excluding tert-OH is 1. The minimum absolute atomic E-state index is 0.0394. The van der Waals surface area contributed by atoms with Gasteiger partial charge in [0.15, 0.2) is 0 Å². The van der Waals surface area contributed by atoms with Crippen LogP contribution < -0.4 is 5.32 Å². The lowest BCUT2D eigenvalue weighted by atomic mass is 9.64. The Morgan fingerprint density at radius 2 is 2.16 bits per heavy atom. The number of benzene rings is 1. The second-order valence-corrected chi connectivity index (χ2v) is 6.66. The van der Waals surface area contributed by atoms with Gasteiger partial charge in [-0.3, -0.25) is 4.79 Å². The molecule has 3 nitrogen and oxygen atoms in total. The molecule has 0 saturated heterocycles. The van der Waals surface area contributed by atoms with Gasteiger partial charge in [-0.2, -0.15) is 0 Å². The molecule has 2 aromatic rings. The highest BCUT2D eigenvalue weighted by Gasteiger charge is 2.48. The lowest BCUT2D eigenvalue weighted by Crippen LogP contribution is -2.61. The minimum atomic E-state index is -0.322. The fourth-order valence-electron chi connectivity index (χ4n) is 2.54. The molecule has 1 aliphatic carbocycles. The zero-order chi connectivity index (χ0) is 13.6. The third kappa shape index (κ3) is 1.95. The first-order valence-electron chi connectivity index (χ1n) is 6.45. The maximum atomic E-state index is 12.3. The Morgan fingerprint density at radius 1 is 1.42 bits per heavy atom. The Labute approximate surface area is 116 Å². The van der Waals surface area contributed by atoms with Crippen molar-refractivity contribution in [3.63, 3.8) is 0 Å². The maximum absolute atomic E-state index is 12.3. The normalized spacial score (nSPS) is 25.0. The Hall–Kier alpha value is -1.39. The van der Waals surface area contributed by atoms with Crippen LogP contribution >= 0.6 is 11.3 Å². The smallest absolute Gasteiger partial charge is 0.252 e. The summed E-state index contributed by atoms with van der Waals surface area (Å²) in [6.45, 7) is 3.97. The number of rotatable bonds is 2. The van der Waals surface area contributed by atoms with Gasteiger partial charge < -0.3 is 10.4 Å². The first kappa shape index (κ1) is 12.6. The van der Waals surface area contributed by atoms with E-state index in [1.165, 1.54) is 0 Å². The van der Waals surface area contributed by atoms with E-state index in [2.05, 4.69) is 5.32 Å². The standard InChI is InChI=1S/C15H17NO2S/c1-15(2)12(7-13(15)17)16-14(18)10-8-19-11-6-4-3-5-9(10)11/h3-6,8,12-13,17H,7H2,1-2H3,(H,16,18). The molecule has 1 heterocycles. The molecule has 1 aliphatic rings. The van der Waals surface area contributed by atoms with Crippen LogP contribution in [0.1, 0.15) is 30.6 Å². The number of aliphatic hydroxyl groups is 1. The van der Waals surface area contributed by atoms with E-state index in [1.807, 2.05) is 43.5 Å². The van der Waals surface area contributed by atoms with Crippen LogP contribution in [-0.2, 0) is 0 Å². The maximum Gasteiger partial charge on any atom is 0.252 e. The Bertz CT molecular complexity index is 632. The monoisotopic (exact) mass is 275 g/mol. The molecule has 1 aromatic carbocycles. The first-order chi connectivity index (χ1) is 9.00. The highest BCUT2D eigenvalue weighted by molar-refractivity contribution is 7.17. The van der Waals surface area contributed by atoms with Crippen LogP contribution in [0.25, 0.3) is 10.1 Å². The number of carbonyl (C=O) groups excluding carboxylic acids is 1. The number of hydrogen-bond donors (Lipinski definition) is 2. The molecule has 0 bridgehead atoms. The lowest BCUT2D eigenvalue weighted by molar-refractivity contribution is -0.0689. The van der Waals surface area contributed by atoms with Gasteiger partial charge in [-0.1, -0.05) is 32.0 Å². The summed E-state index contributed by atoms with van der Waals surface area (Å²) in [5.41, 5.74) is 0.499. The van der Waals surface area contributed by atoms with Crippen molar-refractivity contribution in [2.45, 2.75) is 32.4 Å². The summed E-state index contributed by atoms with van der Waals surface area (Å²) in [5.74, 6) is -0.0394. The molecule has 1 amide bonds. The molecule has 19 heavy (non-hydrogen) atoms. The molecule has 3 rings (SSSR count). The van der Waals surface area contributed by atoms with E-state index >= 15 is 0 Å². The van der Waals surface area contributed by atoms with Crippen molar-refractivity contribution in [2.24, 2.45) is 5.41 Å². The molecule has 1 saturated carbocycles. The summed E-state index contributed by atoms with van der Waals surface area (Å²) in [6.07, 6.45) is 0.317. The minimum Gasteiger partial charge on any atom is -0.392 e. The average Bonchev–Trinajstić information content (AvgIpc) is 2.82. The molecule has 100 valence electrons. The van der Waals surface area contributed by atoms with E-state index in [0.29, 0.717) is 6.42 Å². The second kappa shape index (κ2) is 4.32. The Balaban J connectivity index is 1.82. The van der Waals surface area contributed by atoms with Crippen LogP contribution in [-0.4, -0.2) is 23.2 Å². The summed E-state index contributed by atoms with van der Waals surface area (Å²) in [7, 11) is 0. The fourth-order valence-corrected chi connectivity index (χ4v) is 3.48. The zero-order valence-corrected chi connectivity index (χ0v) is 11.8. The number of carbonyl (C=O) groups is 1. The molecule has 4 heteroatoms. The van der Waals surface area contributed by atoms with Crippen LogP contribution in [0.2, 0.25) is 0 Å². The molecule has 0 radical (unpaired) electrons. The zero-order valence-electron chi connectivity index (χ0n) is 11.0. The van der Waals surface area contributed by atoms with E-state index in [4.69, 9.17) is 0 Å². The Morgan fingerprint density at radius 3 is 2.84 bits per heavy atom. The largest absolute Gasteiger partial charge is 0.392 e. The SMILES string of the molecule is CC1(C)C(O)CC1NC(=O)c1csc2ccccc12. The molecule has 0 aliphatic heterocycles.